The molecule has 0 aromatic carbocycles. The van der Waals surface area contributed by atoms with Gasteiger partial charge in [0, 0.05) is 20.1 Å². The molecule has 12 heavy (non-hydrogen) atoms. The summed E-state index contributed by atoms with van der Waals surface area (Å²) in [6.45, 7) is 0.473. The lowest BCUT2D eigenvalue weighted by Crippen LogP contribution is -2.39. The Hall–Kier alpha value is -0.800. The van der Waals surface area contributed by atoms with E-state index in [0.717, 1.165) is 5.76 Å². The smallest absolute Gasteiger partial charge is 0.105 e. The molecule has 1 rings (SSSR count). The van der Waals surface area contributed by atoms with E-state index in [2.05, 4.69) is 0 Å². The predicted molar refractivity (Wildman–Crippen MR) is 47.6 cm³/mol. The lowest BCUT2D eigenvalue weighted by atomic mass is 9.94. The number of methoxy groups -OCH3 is 2. The van der Waals surface area contributed by atoms with Crippen LogP contribution in [-0.4, -0.2) is 26.4 Å². The van der Waals surface area contributed by atoms with Gasteiger partial charge in [0.1, 0.15) is 5.60 Å². The first-order valence-corrected chi connectivity index (χ1v) is 3.94. The minimum atomic E-state index is -0.361. The van der Waals surface area contributed by atoms with Crippen LogP contribution >= 0.6 is 0 Å². The molecule has 0 bridgehead atoms. The average molecular weight is 169 g/mol. The third-order valence-corrected chi connectivity index (χ3v) is 2.17. The van der Waals surface area contributed by atoms with Gasteiger partial charge in [0.15, 0.2) is 0 Å². The molecule has 3 heteroatoms. The maximum atomic E-state index is 5.61. The van der Waals surface area contributed by atoms with E-state index in [1.807, 2.05) is 18.2 Å². The first-order valence-electron chi connectivity index (χ1n) is 3.94. The van der Waals surface area contributed by atoms with Crippen molar-refractivity contribution < 1.29 is 9.47 Å². The van der Waals surface area contributed by atoms with Gasteiger partial charge in [0.05, 0.1) is 12.9 Å². The van der Waals surface area contributed by atoms with Crippen molar-refractivity contribution in [1.29, 1.82) is 0 Å². The fraction of sp³-hybridized carbons (Fsp3) is 0.556. The van der Waals surface area contributed by atoms with Gasteiger partial charge in [-0.05, 0) is 6.08 Å². The molecule has 0 saturated heterocycles. The zero-order valence-corrected chi connectivity index (χ0v) is 7.54. The van der Waals surface area contributed by atoms with E-state index in [-0.39, 0.29) is 5.60 Å². The summed E-state index contributed by atoms with van der Waals surface area (Å²) >= 11 is 0. The van der Waals surface area contributed by atoms with Crippen molar-refractivity contribution in [2.75, 3.05) is 20.8 Å². The Morgan fingerprint density at radius 3 is 2.83 bits per heavy atom. The molecule has 1 unspecified atom stereocenters. The molecular formula is C9H15NO2. The minimum Gasteiger partial charge on any atom is -0.501 e. The quantitative estimate of drug-likeness (QED) is 0.680. The molecule has 1 aliphatic rings. The molecule has 68 valence electrons. The number of nitrogens with two attached hydrogens (primary N) is 1. The second-order valence-electron chi connectivity index (χ2n) is 2.85. The second-order valence-corrected chi connectivity index (χ2v) is 2.85. The SMILES string of the molecule is COC1=CC=CC(CN)(OC)C1. The van der Waals surface area contributed by atoms with Crippen molar-refractivity contribution in [2.24, 2.45) is 5.73 Å². The highest BCUT2D eigenvalue weighted by atomic mass is 16.5. The van der Waals surface area contributed by atoms with Crippen LogP contribution < -0.4 is 5.73 Å². The largest absolute Gasteiger partial charge is 0.501 e. The second kappa shape index (κ2) is 3.74. The summed E-state index contributed by atoms with van der Waals surface area (Å²) in [6, 6.07) is 0. The van der Waals surface area contributed by atoms with Gasteiger partial charge in [-0.15, -0.1) is 0 Å². The van der Waals surface area contributed by atoms with Crippen LogP contribution in [0.4, 0.5) is 0 Å². The van der Waals surface area contributed by atoms with Crippen LogP contribution in [0.25, 0.3) is 0 Å². The number of ether oxygens (including phenoxy) is 2. The van der Waals surface area contributed by atoms with E-state index in [9.17, 15) is 0 Å². The molecule has 1 aliphatic carbocycles. The number of hydrogen-bond acceptors (Lipinski definition) is 3. The number of rotatable bonds is 3. The van der Waals surface area contributed by atoms with E-state index < -0.39 is 0 Å². The van der Waals surface area contributed by atoms with Gasteiger partial charge in [-0.1, -0.05) is 12.2 Å². The van der Waals surface area contributed by atoms with E-state index in [1.165, 1.54) is 0 Å². The van der Waals surface area contributed by atoms with Gasteiger partial charge in [0.2, 0.25) is 0 Å². The van der Waals surface area contributed by atoms with Gasteiger partial charge in [0.25, 0.3) is 0 Å². The number of hydrogen-bond donors (Lipinski definition) is 1. The van der Waals surface area contributed by atoms with Crippen molar-refractivity contribution in [3.63, 3.8) is 0 Å². The molecule has 0 aliphatic heterocycles. The van der Waals surface area contributed by atoms with Crippen LogP contribution in [0.5, 0.6) is 0 Å². The molecule has 0 radical (unpaired) electrons. The van der Waals surface area contributed by atoms with Crippen molar-refractivity contribution >= 4 is 0 Å². The maximum Gasteiger partial charge on any atom is 0.105 e. The lowest BCUT2D eigenvalue weighted by molar-refractivity contribution is 0.0272. The van der Waals surface area contributed by atoms with Crippen LogP contribution in [0, 0.1) is 0 Å². The van der Waals surface area contributed by atoms with Crippen molar-refractivity contribution in [3.05, 3.63) is 24.0 Å². The molecule has 3 nitrogen and oxygen atoms in total. The molecule has 0 aromatic rings. The average Bonchev–Trinajstić information content (AvgIpc) is 2.18. The summed E-state index contributed by atoms with van der Waals surface area (Å²) in [5.41, 5.74) is 5.25. The van der Waals surface area contributed by atoms with Gasteiger partial charge < -0.3 is 15.2 Å². The molecule has 2 N–H and O–H groups in total. The molecule has 0 fully saturated rings. The topological polar surface area (TPSA) is 44.5 Å². The summed E-state index contributed by atoms with van der Waals surface area (Å²) in [5, 5.41) is 0. The third kappa shape index (κ3) is 1.68. The van der Waals surface area contributed by atoms with Gasteiger partial charge in [-0.3, -0.25) is 0 Å². The standard InChI is InChI=1S/C9H15NO2/c1-11-8-4-3-5-9(6-8,7-10)12-2/h3-5H,6-7,10H2,1-2H3. The fourth-order valence-corrected chi connectivity index (χ4v) is 1.25. The lowest BCUT2D eigenvalue weighted by Gasteiger charge is -2.30. The number of allylic oxidation sites excluding steroid dienone is 2. The summed E-state index contributed by atoms with van der Waals surface area (Å²) in [4.78, 5) is 0. The molecule has 1 atom stereocenters. The van der Waals surface area contributed by atoms with Gasteiger partial charge in [-0.2, -0.15) is 0 Å². The fourth-order valence-electron chi connectivity index (χ4n) is 1.25. The molecule has 0 saturated carbocycles. The Labute approximate surface area is 72.8 Å². The summed E-state index contributed by atoms with van der Waals surface area (Å²) in [6.07, 6.45) is 6.52. The Morgan fingerprint density at radius 1 is 1.58 bits per heavy atom. The Morgan fingerprint density at radius 2 is 2.33 bits per heavy atom. The predicted octanol–water partition coefficient (Wildman–Crippen LogP) is 0.820. The first-order chi connectivity index (χ1) is 5.76. The zero-order valence-electron chi connectivity index (χ0n) is 7.54. The molecule has 0 aromatic heterocycles. The van der Waals surface area contributed by atoms with Crippen LogP contribution in [0.15, 0.2) is 24.0 Å². The van der Waals surface area contributed by atoms with E-state index in [0.29, 0.717) is 13.0 Å². The van der Waals surface area contributed by atoms with Gasteiger partial charge >= 0.3 is 0 Å². The summed E-state index contributed by atoms with van der Waals surface area (Å²) in [7, 11) is 3.32. The van der Waals surface area contributed by atoms with Crippen LogP contribution in [0.1, 0.15) is 6.42 Å². The van der Waals surface area contributed by atoms with E-state index >= 15 is 0 Å². The Kier molecular flexibility index (Phi) is 2.89. The van der Waals surface area contributed by atoms with Crippen molar-refractivity contribution in [3.8, 4) is 0 Å². The normalized spacial score (nSPS) is 28.4. The minimum absolute atomic E-state index is 0.361. The monoisotopic (exact) mass is 169 g/mol. The highest BCUT2D eigenvalue weighted by Gasteiger charge is 2.28. The maximum absolute atomic E-state index is 5.61. The van der Waals surface area contributed by atoms with Crippen LogP contribution in [0.3, 0.4) is 0 Å². The summed E-state index contributed by atoms with van der Waals surface area (Å²) < 4.78 is 10.5. The van der Waals surface area contributed by atoms with E-state index in [1.54, 1.807) is 14.2 Å². The van der Waals surface area contributed by atoms with Gasteiger partial charge in [-0.25, -0.2) is 0 Å². The summed E-state index contributed by atoms with van der Waals surface area (Å²) in [5.74, 6) is 0.907. The first kappa shape index (κ1) is 9.29. The Bertz CT molecular complexity index is 205. The molecule has 0 heterocycles. The molecule has 0 spiro atoms. The Balaban J connectivity index is 2.73. The van der Waals surface area contributed by atoms with Crippen molar-refractivity contribution in [1.82, 2.24) is 0 Å². The zero-order chi connectivity index (χ0) is 9.03. The highest BCUT2D eigenvalue weighted by Crippen LogP contribution is 2.25. The molecule has 0 amide bonds. The van der Waals surface area contributed by atoms with Crippen LogP contribution in [-0.2, 0) is 9.47 Å². The third-order valence-electron chi connectivity index (χ3n) is 2.17. The molecular weight excluding hydrogens is 154 g/mol. The van der Waals surface area contributed by atoms with E-state index in [4.69, 9.17) is 15.2 Å². The van der Waals surface area contributed by atoms with Crippen LogP contribution in [0.2, 0.25) is 0 Å². The van der Waals surface area contributed by atoms with Crippen molar-refractivity contribution in [2.45, 2.75) is 12.0 Å². The highest BCUT2D eigenvalue weighted by molar-refractivity contribution is 5.22.